The van der Waals surface area contributed by atoms with Gasteiger partial charge in [-0.1, -0.05) is 26.0 Å². The molecule has 0 unspecified atom stereocenters. The van der Waals surface area contributed by atoms with Gasteiger partial charge in [-0.05, 0) is 44.4 Å². The molecule has 7 heteroatoms. The van der Waals surface area contributed by atoms with Crippen LogP contribution in [0.25, 0.3) is 0 Å². The molecule has 0 bridgehead atoms. The third-order valence-corrected chi connectivity index (χ3v) is 4.87. The second-order valence-corrected chi connectivity index (χ2v) is 6.52. The fourth-order valence-corrected chi connectivity index (χ4v) is 3.24. The average molecular weight is 358 g/mol. The summed E-state index contributed by atoms with van der Waals surface area (Å²) < 4.78 is 1.63. The number of nitro groups is 1. The number of carbonyl (C=O) groups is 1. The first kappa shape index (κ1) is 19.6. The van der Waals surface area contributed by atoms with E-state index < -0.39 is 4.92 Å². The Bertz CT molecular complexity index is 792. The van der Waals surface area contributed by atoms with Crippen molar-refractivity contribution in [2.75, 3.05) is 7.05 Å². The third kappa shape index (κ3) is 3.92. The summed E-state index contributed by atoms with van der Waals surface area (Å²) in [6.07, 6.45) is 1.85. The highest BCUT2D eigenvalue weighted by molar-refractivity contribution is 5.94. The zero-order chi connectivity index (χ0) is 19.4. The Kier molecular flexibility index (Phi) is 6.13. The molecule has 2 aromatic rings. The van der Waals surface area contributed by atoms with E-state index in [9.17, 15) is 14.9 Å². The highest BCUT2D eigenvalue weighted by atomic mass is 16.6. The molecule has 0 spiro atoms. The number of benzene rings is 1. The lowest BCUT2D eigenvalue weighted by atomic mass is 10.1. The first-order valence-electron chi connectivity index (χ1n) is 8.84. The zero-order valence-electron chi connectivity index (χ0n) is 16.0. The van der Waals surface area contributed by atoms with Crippen LogP contribution in [0, 0.1) is 24.0 Å². The fraction of sp³-hybridized carbons (Fsp3) is 0.474. The monoisotopic (exact) mass is 358 g/mol. The first-order chi connectivity index (χ1) is 12.3. The van der Waals surface area contributed by atoms with Gasteiger partial charge in [-0.15, -0.1) is 0 Å². The largest absolute Gasteiger partial charge is 0.339 e. The van der Waals surface area contributed by atoms with Crippen molar-refractivity contribution >= 4 is 11.6 Å². The van der Waals surface area contributed by atoms with E-state index >= 15 is 0 Å². The average Bonchev–Trinajstić information content (AvgIpc) is 2.89. The molecular formula is C19H26N4O3. The van der Waals surface area contributed by atoms with Crippen LogP contribution in [-0.2, 0) is 6.54 Å². The molecule has 0 atom stereocenters. The third-order valence-electron chi connectivity index (χ3n) is 4.87. The first-order valence-corrected chi connectivity index (χ1v) is 8.84. The van der Waals surface area contributed by atoms with Crippen molar-refractivity contribution in [3.05, 3.63) is 56.9 Å². The molecular weight excluding hydrogens is 332 g/mol. The van der Waals surface area contributed by atoms with Gasteiger partial charge in [0.15, 0.2) is 0 Å². The maximum absolute atomic E-state index is 12.6. The zero-order valence-corrected chi connectivity index (χ0v) is 16.0. The molecule has 0 saturated carbocycles. The van der Waals surface area contributed by atoms with E-state index in [1.165, 1.54) is 0 Å². The molecule has 1 aromatic heterocycles. The Balaban J connectivity index is 2.17. The summed E-state index contributed by atoms with van der Waals surface area (Å²) >= 11 is 0. The molecule has 0 aliphatic rings. The van der Waals surface area contributed by atoms with E-state index in [2.05, 4.69) is 18.9 Å². The topological polar surface area (TPSA) is 81.3 Å². The lowest BCUT2D eigenvalue weighted by Crippen LogP contribution is -2.36. The van der Waals surface area contributed by atoms with Crippen LogP contribution in [-0.4, -0.2) is 38.6 Å². The molecule has 140 valence electrons. The number of carbonyl (C=O) groups excluding carboxylic acids is 1. The van der Waals surface area contributed by atoms with Crippen LogP contribution < -0.4 is 0 Å². The van der Waals surface area contributed by atoms with Crippen molar-refractivity contribution in [1.29, 1.82) is 0 Å². The van der Waals surface area contributed by atoms with Crippen LogP contribution in [0.2, 0.25) is 0 Å². The molecule has 7 nitrogen and oxygen atoms in total. The summed E-state index contributed by atoms with van der Waals surface area (Å²) in [4.78, 5) is 25.1. The van der Waals surface area contributed by atoms with E-state index in [0.717, 1.165) is 18.4 Å². The van der Waals surface area contributed by atoms with Gasteiger partial charge in [0.25, 0.3) is 5.91 Å². The maximum atomic E-state index is 12.6. The van der Waals surface area contributed by atoms with Crippen LogP contribution in [0.3, 0.4) is 0 Å². The Morgan fingerprint density at radius 1 is 1.23 bits per heavy atom. The quantitative estimate of drug-likeness (QED) is 0.558. The van der Waals surface area contributed by atoms with Crippen LogP contribution >= 0.6 is 0 Å². The summed E-state index contributed by atoms with van der Waals surface area (Å²) in [7, 11) is 1.84. The predicted molar refractivity (Wildman–Crippen MR) is 100 cm³/mol. The predicted octanol–water partition coefficient (Wildman–Crippen LogP) is 3.72. The molecule has 0 aliphatic heterocycles. The van der Waals surface area contributed by atoms with Crippen molar-refractivity contribution in [2.45, 2.75) is 53.1 Å². The van der Waals surface area contributed by atoms with Gasteiger partial charge in [-0.3, -0.25) is 19.6 Å². The van der Waals surface area contributed by atoms with Gasteiger partial charge in [0.2, 0.25) is 0 Å². The molecule has 26 heavy (non-hydrogen) atoms. The molecule has 1 heterocycles. The number of nitrogens with zero attached hydrogens (tertiary/aromatic N) is 4. The van der Waals surface area contributed by atoms with Gasteiger partial charge in [-0.25, -0.2) is 0 Å². The molecule has 1 aromatic carbocycles. The van der Waals surface area contributed by atoms with E-state index in [1.54, 1.807) is 35.6 Å². The fourth-order valence-electron chi connectivity index (χ4n) is 3.24. The van der Waals surface area contributed by atoms with Crippen molar-refractivity contribution in [3.8, 4) is 0 Å². The van der Waals surface area contributed by atoms with Gasteiger partial charge >= 0.3 is 5.69 Å². The maximum Gasteiger partial charge on any atom is 0.312 e. The molecule has 1 amide bonds. The standard InChI is InChI=1S/C19H26N4O3/c1-6-17(7-2)21(5)19(24)16-10-8-15(9-11-16)12-22-14(4)18(23(25)26)13(3)20-22/h8-11,17H,6-7,12H2,1-5H3. The highest BCUT2D eigenvalue weighted by Gasteiger charge is 2.22. The Hall–Kier alpha value is -2.70. The molecule has 0 N–H and O–H groups in total. The number of hydrogen-bond donors (Lipinski definition) is 0. The van der Waals surface area contributed by atoms with Gasteiger partial charge in [0.05, 0.1) is 11.5 Å². The normalized spacial score (nSPS) is 11.0. The minimum atomic E-state index is -0.399. The number of aryl methyl sites for hydroxylation is 1. The van der Waals surface area contributed by atoms with Gasteiger partial charge in [0, 0.05) is 18.7 Å². The second kappa shape index (κ2) is 8.12. The van der Waals surface area contributed by atoms with Crippen LogP contribution in [0.5, 0.6) is 0 Å². The molecule has 0 fully saturated rings. The number of hydrogen-bond acceptors (Lipinski definition) is 4. The van der Waals surface area contributed by atoms with Crippen molar-refractivity contribution in [1.82, 2.24) is 14.7 Å². The summed E-state index contributed by atoms with van der Waals surface area (Å²) in [5, 5.41) is 15.4. The minimum Gasteiger partial charge on any atom is -0.339 e. The second-order valence-electron chi connectivity index (χ2n) is 6.52. The van der Waals surface area contributed by atoms with Gasteiger partial charge in [-0.2, -0.15) is 5.10 Å². The lowest BCUT2D eigenvalue weighted by Gasteiger charge is -2.26. The summed E-state index contributed by atoms with van der Waals surface area (Å²) in [6.45, 7) is 7.92. The molecule has 0 aliphatic carbocycles. The number of aromatic nitrogens is 2. The van der Waals surface area contributed by atoms with Crippen LogP contribution in [0.1, 0.15) is 54.0 Å². The number of rotatable bonds is 7. The highest BCUT2D eigenvalue weighted by Crippen LogP contribution is 2.22. The summed E-state index contributed by atoms with van der Waals surface area (Å²) in [6, 6.07) is 7.58. The summed E-state index contributed by atoms with van der Waals surface area (Å²) in [5.41, 5.74) is 2.57. The molecule has 0 saturated heterocycles. The van der Waals surface area contributed by atoms with E-state index in [1.807, 2.05) is 19.2 Å². The molecule has 0 radical (unpaired) electrons. The molecule has 2 rings (SSSR count). The summed E-state index contributed by atoms with van der Waals surface area (Å²) in [5.74, 6) is 0.00648. The van der Waals surface area contributed by atoms with E-state index in [-0.39, 0.29) is 17.6 Å². The van der Waals surface area contributed by atoms with Crippen LogP contribution in [0.4, 0.5) is 5.69 Å². The van der Waals surface area contributed by atoms with Crippen molar-refractivity contribution in [3.63, 3.8) is 0 Å². The lowest BCUT2D eigenvalue weighted by molar-refractivity contribution is -0.386. The Morgan fingerprint density at radius 3 is 2.27 bits per heavy atom. The smallest absolute Gasteiger partial charge is 0.312 e. The Labute approximate surface area is 153 Å². The Morgan fingerprint density at radius 2 is 1.81 bits per heavy atom. The van der Waals surface area contributed by atoms with Crippen molar-refractivity contribution < 1.29 is 9.72 Å². The SMILES string of the molecule is CCC(CC)N(C)C(=O)c1ccc(Cn2nc(C)c([N+](=O)[O-])c2C)cc1. The van der Waals surface area contributed by atoms with Gasteiger partial charge in [0.1, 0.15) is 11.4 Å². The van der Waals surface area contributed by atoms with Crippen molar-refractivity contribution in [2.24, 2.45) is 0 Å². The van der Waals surface area contributed by atoms with E-state index in [0.29, 0.717) is 23.5 Å². The van der Waals surface area contributed by atoms with E-state index in [4.69, 9.17) is 0 Å². The number of amides is 1. The van der Waals surface area contributed by atoms with Crippen LogP contribution in [0.15, 0.2) is 24.3 Å². The van der Waals surface area contributed by atoms with Gasteiger partial charge < -0.3 is 4.90 Å². The minimum absolute atomic E-state index is 0.00648.